The Labute approximate surface area is 141 Å². The second-order valence-corrected chi connectivity index (χ2v) is 6.83. The van der Waals surface area contributed by atoms with Gasteiger partial charge in [0.1, 0.15) is 0 Å². The maximum atomic E-state index is 10.5. The number of aryl methyl sites for hydroxylation is 1. The molecule has 0 aliphatic carbocycles. The van der Waals surface area contributed by atoms with Gasteiger partial charge in [-0.15, -0.1) is 0 Å². The molecule has 0 atom stereocenters. The van der Waals surface area contributed by atoms with Gasteiger partial charge in [-0.2, -0.15) is 13.7 Å². The zero-order chi connectivity index (χ0) is 17.1. The zero-order valence-electron chi connectivity index (χ0n) is 12.6. The van der Waals surface area contributed by atoms with Crippen LogP contribution in [0.15, 0.2) is 59.5 Å². The van der Waals surface area contributed by atoms with Gasteiger partial charge in [-0.25, -0.2) is 4.72 Å². The Kier molecular flexibility index (Phi) is 8.37. The highest BCUT2D eigenvalue weighted by molar-refractivity contribution is 7.96. The number of hydrogen-bond acceptors (Lipinski definition) is 5. The molecular formula is C16H18N2O3S2. The molecule has 5 nitrogen and oxygen atoms in total. The minimum Gasteiger partial charge on any atom is -0.282 e. The lowest BCUT2D eigenvalue weighted by Crippen LogP contribution is -2.02. The van der Waals surface area contributed by atoms with Gasteiger partial charge in [0.15, 0.2) is 0 Å². The lowest BCUT2D eigenvalue weighted by Gasteiger charge is -1.99. The molecule has 0 amide bonds. The summed E-state index contributed by atoms with van der Waals surface area (Å²) in [5.74, 6) is 0.905. The Morgan fingerprint density at radius 3 is 2.26 bits per heavy atom. The lowest BCUT2D eigenvalue weighted by atomic mass is 10.2. The quantitative estimate of drug-likeness (QED) is 0.372. The smallest absolute Gasteiger partial charge is 0.282 e. The molecule has 0 fully saturated rings. The minimum atomic E-state index is -4.02. The molecule has 0 heterocycles. The van der Waals surface area contributed by atoms with Crippen LogP contribution >= 0.6 is 11.9 Å². The molecule has 2 rings (SSSR count). The number of rotatable bonds is 5. The van der Waals surface area contributed by atoms with Gasteiger partial charge in [-0.05, 0) is 24.6 Å². The van der Waals surface area contributed by atoms with E-state index in [0.29, 0.717) is 6.54 Å². The second kappa shape index (κ2) is 10.0. The highest BCUT2D eigenvalue weighted by Gasteiger charge is 2.06. The van der Waals surface area contributed by atoms with E-state index in [9.17, 15) is 8.42 Å². The highest BCUT2D eigenvalue weighted by atomic mass is 32.2. The van der Waals surface area contributed by atoms with Crippen LogP contribution in [0.3, 0.4) is 0 Å². The van der Waals surface area contributed by atoms with Gasteiger partial charge in [0.25, 0.3) is 10.1 Å². The molecule has 23 heavy (non-hydrogen) atoms. The molecule has 0 saturated heterocycles. The first kappa shape index (κ1) is 19.2. The first-order valence-corrected chi connectivity index (χ1v) is 9.15. The SMILES string of the molecule is Cc1ccc(S(=O)(=O)O)cc1.N#CCNSCc1ccccc1. The largest absolute Gasteiger partial charge is 0.294 e. The molecule has 0 bridgehead atoms. The fourth-order valence-corrected chi connectivity index (χ4v) is 2.61. The summed E-state index contributed by atoms with van der Waals surface area (Å²) in [5.41, 5.74) is 2.23. The molecule has 7 heteroatoms. The van der Waals surface area contributed by atoms with Crippen LogP contribution in [0.1, 0.15) is 11.1 Å². The number of nitriles is 1. The first-order chi connectivity index (χ1) is 10.9. The lowest BCUT2D eigenvalue weighted by molar-refractivity contribution is 0.483. The summed E-state index contributed by atoms with van der Waals surface area (Å²) in [6.45, 7) is 2.24. The van der Waals surface area contributed by atoms with Gasteiger partial charge in [0.2, 0.25) is 0 Å². The Hall–Kier alpha value is -1.85. The van der Waals surface area contributed by atoms with Gasteiger partial charge >= 0.3 is 0 Å². The van der Waals surface area contributed by atoms with Crippen LogP contribution in [-0.4, -0.2) is 19.5 Å². The summed E-state index contributed by atoms with van der Waals surface area (Å²) in [5, 5.41) is 8.24. The molecule has 0 aliphatic rings. The van der Waals surface area contributed by atoms with Crippen molar-refractivity contribution in [2.75, 3.05) is 6.54 Å². The molecule has 2 aromatic carbocycles. The van der Waals surface area contributed by atoms with Crippen molar-refractivity contribution >= 4 is 22.1 Å². The van der Waals surface area contributed by atoms with Crippen LogP contribution in [0.2, 0.25) is 0 Å². The summed E-state index contributed by atoms with van der Waals surface area (Å²) >= 11 is 1.56. The van der Waals surface area contributed by atoms with Gasteiger partial charge in [0.05, 0.1) is 17.5 Å². The summed E-state index contributed by atoms with van der Waals surface area (Å²) in [7, 11) is -4.02. The molecular weight excluding hydrogens is 332 g/mol. The van der Waals surface area contributed by atoms with Crippen molar-refractivity contribution in [3.05, 3.63) is 65.7 Å². The third-order valence-corrected chi connectivity index (χ3v) is 4.35. The molecule has 2 N–H and O–H groups in total. The first-order valence-electron chi connectivity index (χ1n) is 6.73. The van der Waals surface area contributed by atoms with Crippen LogP contribution in [0.4, 0.5) is 0 Å². The molecule has 0 aromatic heterocycles. The predicted molar refractivity (Wildman–Crippen MR) is 92.3 cm³/mol. The fraction of sp³-hybridized carbons (Fsp3) is 0.188. The Morgan fingerprint density at radius 1 is 1.13 bits per heavy atom. The third kappa shape index (κ3) is 8.38. The molecule has 0 saturated carbocycles. The van der Waals surface area contributed by atoms with E-state index in [1.807, 2.05) is 31.2 Å². The second-order valence-electron chi connectivity index (χ2n) is 4.54. The van der Waals surface area contributed by atoms with Crippen LogP contribution in [-0.2, 0) is 15.9 Å². The van der Waals surface area contributed by atoms with E-state index >= 15 is 0 Å². The van der Waals surface area contributed by atoms with E-state index in [1.165, 1.54) is 17.7 Å². The summed E-state index contributed by atoms with van der Waals surface area (Å²) in [6.07, 6.45) is 0. The van der Waals surface area contributed by atoms with Crippen LogP contribution < -0.4 is 4.72 Å². The van der Waals surface area contributed by atoms with E-state index in [2.05, 4.69) is 16.9 Å². The van der Waals surface area contributed by atoms with E-state index in [1.54, 1.807) is 24.1 Å². The minimum absolute atomic E-state index is 0.0666. The monoisotopic (exact) mass is 350 g/mol. The number of nitrogens with one attached hydrogen (secondary N) is 1. The Morgan fingerprint density at radius 2 is 1.74 bits per heavy atom. The highest BCUT2D eigenvalue weighted by Crippen LogP contribution is 2.08. The van der Waals surface area contributed by atoms with Crippen molar-refractivity contribution in [2.24, 2.45) is 0 Å². The van der Waals surface area contributed by atoms with E-state index < -0.39 is 10.1 Å². The number of hydrogen-bond donors (Lipinski definition) is 2. The van der Waals surface area contributed by atoms with Gasteiger partial charge < -0.3 is 0 Å². The topological polar surface area (TPSA) is 90.2 Å². The Balaban J connectivity index is 0.000000231. The van der Waals surface area contributed by atoms with Crippen molar-refractivity contribution in [3.8, 4) is 6.07 Å². The van der Waals surface area contributed by atoms with Gasteiger partial charge in [-0.1, -0.05) is 60.0 Å². The van der Waals surface area contributed by atoms with Gasteiger partial charge in [-0.3, -0.25) is 4.55 Å². The summed E-state index contributed by atoms with van der Waals surface area (Å²) in [4.78, 5) is -0.0666. The zero-order valence-corrected chi connectivity index (χ0v) is 14.3. The Bertz CT molecular complexity index is 724. The molecule has 0 aliphatic heterocycles. The fourth-order valence-electron chi connectivity index (χ4n) is 1.50. The van der Waals surface area contributed by atoms with E-state index in [0.717, 1.165) is 11.3 Å². The van der Waals surface area contributed by atoms with E-state index in [4.69, 9.17) is 9.81 Å². The van der Waals surface area contributed by atoms with Crippen LogP contribution in [0.5, 0.6) is 0 Å². The van der Waals surface area contributed by atoms with Crippen molar-refractivity contribution in [1.82, 2.24) is 4.72 Å². The normalized spacial score (nSPS) is 10.3. The van der Waals surface area contributed by atoms with E-state index in [-0.39, 0.29) is 4.90 Å². The van der Waals surface area contributed by atoms with Gasteiger partial charge in [0, 0.05) is 5.75 Å². The van der Waals surface area contributed by atoms with Crippen molar-refractivity contribution in [1.29, 1.82) is 5.26 Å². The van der Waals surface area contributed by atoms with Crippen LogP contribution in [0, 0.1) is 18.3 Å². The third-order valence-electron chi connectivity index (χ3n) is 2.65. The maximum Gasteiger partial charge on any atom is 0.294 e. The molecule has 122 valence electrons. The average Bonchev–Trinajstić information content (AvgIpc) is 2.53. The maximum absolute atomic E-state index is 10.5. The number of nitrogens with zero attached hydrogens (tertiary/aromatic N) is 1. The molecule has 0 radical (unpaired) electrons. The average molecular weight is 350 g/mol. The summed E-state index contributed by atoms with van der Waals surface area (Å²) in [6, 6.07) is 18.2. The van der Waals surface area contributed by atoms with Crippen molar-refractivity contribution in [3.63, 3.8) is 0 Å². The predicted octanol–water partition coefficient (Wildman–Crippen LogP) is 3.19. The number of benzene rings is 2. The van der Waals surface area contributed by atoms with Crippen molar-refractivity contribution in [2.45, 2.75) is 17.6 Å². The molecule has 0 spiro atoms. The van der Waals surface area contributed by atoms with Crippen LogP contribution in [0.25, 0.3) is 0 Å². The standard InChI is InChI=1S/C9H10N2S.C7H8O3S/c10-6-7-11-12-8-9-4-2-1-3-5-9;1-6-2-4-7(5-3-6)11(8,9)10/h1-5,11H,7-8H2;2-5H,1H3,(H,8,9,10). The van der Waals surface area contributed by atoms with Crippen molar-refractivity contribution < 1.29 is 13.0 Å². The molecule has 0 unspecified atom stereocenters. The summed E-state index contributed by atoms with van der Waals surface area (Å²) < 4.78 is 32.5. The molecule has 2 aromatic rings.